The Hall–Kier alpha value is -3.99. The normalized spacial score (nSPS) is 13.9. The number of nitrogens with two attached hydrogens (primary N) is 5. The molecule has 0 fully saturated rings. The van der Waals surface area contributed by atoms with Crippen molar-refractivity contribution in [2.24, 2.45) is 33.7 Å². The van der Waals surface area contributed by atoms with Gasteiger partial charge in [0, 0.05) is 13.0 Å². The molecule has 0 aromatic rings. The van der Waals surface area contributed by atoms with Gasteiger partial charge in [-0.15, -0.1) is 0 Å². The third kappa shape index (κ3) is 13.3. The van der Waals surface area contributed by atoms with Crippen molar-refractivity contribution in [2.45, 2.75) is 56.3 Å². The first-order chi connectivity index (χ1) is 16.3. The van der Waals surface area contributed by atoms with Gasteiger partial charge >= 0.3 is 5.97 Å². The molecule has 0 aromatic heterocycles. The van der Waals surface area contributed by atoms with Crippen molar-refractivity contribution in [3.05, 3.63) is 0 Å². The summed E-state index contributed by atoms with van der Waals surface area (Å²) in [7, 11) is 0. The number of carbonyl (C=O) groups is 6. The molecule has 0 spiro atoms. The van der Waals surface area contributed by atoms with Crippen LogP contribution in [0.1, 0.15) is 32.1 Å². The van der Waals surface area contributed by atoms with Gasteiger partial charge in [0.05, 0.1) is 19.1 Å². The lowest BCUT2D eigenvalue weighted by molar-refractivity contribution is -0.142. The van der Waals surface area contributed by atoms with Crippen molar-refractivity contribution in [3.8, 4) is 0 Å². The van der Waals surface area contributed by atoms with Crippen molar-refractivity contribution in [1.82, 2.24) is 16.0 Å². The van der Waals surface area contributed by atoms with Gasteiger partial charge in [-0.1, -0.05) is 0 Å². The van der Waals surface area contributed by atoms with Gasteiger partial charge in [-0.2, -0.15) is 0 Å². The predicted molar refractivity (Wildman–Crippen MR) is 121 cm³/mol. The Balaban J connectivity index is 5.34. The summed E-state index contributed by atoms with van der Waals surface area (Å²) in [6.07, 6.45) is -1.02. The topological polar surface area (TPSA) is 321 Å². The van der Waals surface area contributed by atoms with Crippen LogP contribution in [-0.2, 0) is 28.8 Å². The van der Waals surface area contributed by atoms with Gasteiger partial charge in [-0.3, -0.25) is 29.0 Å². The third-order valence-corrected chi connectivity index (χ3v) is 4.45. The number of nitrogens with one attached hydrogen (secondary N) is 3. The van der Waals surface area contributed by atoms with E-state index in [9.17, 15) is 39.0 Å². The summed E-state index contributed by atoms with van der Waals surface area (Å²) in [4.78, 5) is 74.5. The van der Waals surface area contributed by atoms with Gasteiger partial charge in [0.2, 0.25) is 29.5 Å². The monoisotopic (exact) mass is 503 g/mol. The lowest BCUT2D eigenvalue weighted by atomic mass is 10.1. The number of rotatable bonds is 17. The van der Waals surface area contributed by atoms with E-state index in [0.29, 0.717) is 0 Å². The largest absolute Gasteiger partial charge is 0.480 e. The van der Waals surface area contributed by atoms with E-state index in [-0.39, 0.29) is 38.2 Å². The second-order valence-corrected chi connectivity index (χ2v) is 7.44. The van der Waals surface area contributed by atoms with Gasteiger partial charge in [0.25, 0.3) is 0 Å². The molecular weight excluding hydrogens is 470 g/mol. The highest BCUT2D eigenvalue weighted by atomic mass is 16.4. The molecule has 0 saturated carbocycles. The van der Waals surface area contributed by atoms with E-state index in [1.165, 1.54) is 0 Å². The SMILES string of the molecule is NC(=O)CCC(NC(=O)C(CO)NC(=O)C(N)CC(N)=O)C(=O)NC(CCCN=C(N)N)C(=O)O. The van der Waals surface area contributed by atoms with Crippen LogP contribution in [0, 0.1) is 0 Å². The Morgan fingerprint density at radius 1 is 0.771 bits per heavy atom. The molecule has 15 N–H and O–H groups in total. The first-order valence-electron chi connectivity index (χ1n) is 10.4. The number of nitrogens with zero attached hydrogens (tertiary/aromatic N) is 1. The molecule has 0 heterocycles. The van der Waals surface area contributed by atoms with Crippen LogP contribution in [0.3, 0.4) is 0 Å². The Morgan fingerprint density at radius 3 is 1.80 bits per heavy atom. The van der Waals surface area contributed by atoms with Crippen LogP contribution in [0.25, 0.3) is 0 Å². The number of aliphatic carboxylic acids is 1. The number of hydrogen-bond donors (Lipinski definition) is 10. The van der Waals surface area contributed by atoms with E-state index in [2.05, 4.69) is 20.9 Å². The predicted octanol–water partition coefficient (Wildman–Crippen LogP) is -5.96. The van der Waals surface area contributed by atoms with Gasteiger partial charge in [0.15, 0.2) is 5.96 Å². The Morgan fingerprint density at radius 2 is 1.31 bits per heavy atom. The number of carbonyl (C=O) groups excluding carboxylic acids is 5. The summed E-state index contributed by atoms with van der Waals surface area (Å²) in [6.45, 7) is -0.798. The zero-order valence-electron chi connectivity index (χ0n) is 18.9. The second-order valence-electron chi connectivity index (χ2n) is 7.44. The van der Waals surface area contributed by atoms with Crippen molar-refractivity contribution < 1.29 is 39.0 Å². The molecule has 5 amide bonds. The zero-order chi connectivity index (χ0) is 27.1. The number of carboxylic acids is 1. The van der Waals surface area contributed by atoms with Gasteiger partial charge in [0.1, 0.15) is 18.1 Å². The lowest BCUT2D eigenvalue weighted by Gasteiger charge is -2.24. The number of amides is 5. The maximum Gasteiger partial charge on any atom is 0.326 e. The minimum Gasteiger partial charge on any atom is -0.480 e. The number of primary amides is 2. The summed E-state index contributed by atoms with van der Waals surface area (Å²) >= 11 is 0. The highest BCUT2D eigenvalue weighted by Gasteiger charge is 2.30. The van der Waals surface area contributed by atoms with Crippen molar-refractivity contribution in [2.75, 3.05) is 13.2 Å². The number of aliphatic imine (C=N–C) groups is 1. The highest BCUT2D eigenvalue weighted by molar-refractivity contribution is 5.95. The van der Waals surface area contributed by atoms with Crippen LogP contribution in [0.15, 0.2) is 4.99 Å². The fourth-order valence-electron chi connectivity index (χ4n) is 2.64. The second kappa shape index (κ2) is 15.8. The van der Waals surface area contributed by atoms with Crippen LogP contribution in [0.5, 0.6) is 0 Å². The van der Waals surface area contributed by atoms with Gasteiger partial charge < -0.3 is 54.8 Å². The summed E-state index contributed by atoms with van der Waals surface area (Å²) in [5, 5.41) is 25.4. The first kappa shape index (κ1) is 31.0. The molecule has 0 aliphatic heterocycles. The number of guanidine groups is 1. The minimum atomic E-state index is -1.58. The Labute approximate surface area is 200 Å². The molecule has 0 radical (unpaired) electrons. The molecule has 0 aliphatic rings. The lowest BCUT2D eigenvalue weighted by Crippen LogP contribution is -2.58. The van der Waals surface area contributed by atoms with Crippen LogP contribution < -0.4 is 44.6 Å². The molecule has 0 aromatic carbocycles. The molecule has 0 rings (SSSR count). The van der Waals surface area contributed by atoms with E-state index in [0.717, 1.165) is 0 Å². The molecule has 0 bridgehead atoms. The zero-order valence-corrected chi connectivity index (χ0v) is 18.9. The van der Waals surface area contributed by atoms with Gasteiger partial charge in [-0.05, 0) is 19.3 Å². The maximum atomic E-state index is 12.7. The fraction of sp³-hybridized carbons (Fsp3) is 0.611. The number of aliphatic hydroxyl groups is 1. The van der Waals surface area contributed by atoms with E-state index in [1.807, 2.05) is 0 Å². The van der Waals surface area contributed by atoms with E-state index >= 15 is 0 Å². The summed E-state index contributed by atoms with van der Waals surface area (Å²) in [5.41, 5.74) is 25.9. The molecule has 17 heteroatoms. The van der Waals surface area contributed by atoms with E-state index in [4.69, 9.17) is 28.7 Å². The molecule has 35 heavy (non-hydrogen) atoms. The molecule has 198 valence electrons. The smallest absolute Gasteiger partial charge is 0.326 e. The average molecular weight is 504 g/mol. The molecule has 0 saturated heterocycles. The number of carboxylic acid groups (broad SMARTS) is 1. The molecule has 17 nitrogen and oxygen atoms in total. The Bertz CT molecular complexity index is 816. The molecule has 4 atom stereocenters. The van der Waals surface area contributed by atoms with Crippen LogP contribution in [-0.4, -0.2) is 89.0 Å². The molecule has 4 unspecified atom stereocenters. The quantitative estimate of drug-likeness (QED) is 0.0505. The summed E-state index contributed by atoms with van der Waals surface area (Å²) < 4.78 is 0. The first-order valence-corrected chi connectivity index (χ1v) is 10.4. The van der Waals surface area contributed by atoms with Crippen LogP contribution >= 0.6 is 0 Å². The van der Waals surface area contributed by atoms with Crippen LogP contribution in [0.2, 0.25) is 0 Å². The summed E-state index contributed by atoms with van der Waals surface area (Å²) in [6, 6.07) is -5.79. The fourth-order valence-corrected chi connectivity index (χ4v) is 2.64. The maximum absolute atomic E-state index is 12.7. The minimum absolute atomic E-state index is 0.0542. The highest BCUT2D eigenvalue weighted by Crippen LogP contribution is 2.04. The number of aliphatic hydroxyl groups excluding tert-OH is 1. The van der Waals surface area contributed by atoms with Crippen molar-refractivity contribution >= 4 is 41.5 Å². The average Bonchev–Trinajstić information content (AvgIpc) is 2.75. The van der Waals surface area contributed by atoms with E-state index < -0.39 is 72.7 Å². The molecular formula is C18H33N9O8. The van der Waals surface area contributed by atoms with Crippen molar-refractivity contribution in [3.63, 3.8) is 0 Å². The standard InChI is InChI=1S/C18H33N9O8/c19-8(6-13(21)30)14(31)27-11(7-28)16(33)25-9(3-4-12(20)29)15(32)26-10(17(34)35)2-1-5-24-18(22)23/h8-11,28H,1-7,19H2,(H2,20,29)(H2,21,30)(H,25,33)(H,26,32)(H,27,31)(H,34,35)(H4,22,23,24). The van der Waals surface area contributed by atoms with Gasteiger partial charge in [-0.25, -0.2) is 4.79 Å². The van der Waals surface area contributed by atoms with E-state index in [1.54, 1.807) is 0 Å². The number of hydrogen-bond acceptors (Lipinski definition) is 9. The molecule has 0 aliphatic carbocycles. The van der Waals surface area contributed by atoms with Crippen molar-refractivity contribution in [1.29, 1.82) is 0 Å². The Kier molecular flexibility index (Phi) is 14.0. The summed E-state index contributed by atoms with van der Waals surface area (Å²) in [5.74, 6) is -6.19. The third-order valence-electron chi connectivity index (χ3n) is 4.45. The van der Waals surface area contributed by atoms with Crippen LogP contribution in [0.4, 0.5) is 0 Å².